The lowest BCUT2D eigenvalue weighted by molar-refractivity contribution is -0.0797. The molecular weight excluding hydrogens is 1730 g/mol. The average Bonchev–Trinajstić information content (AvgIpc) is 1.53. The number of hydrogen-bond acceptors (Lipinski definition) is 6. The van der Waals surface area contributed by atoms with Gasteiger partial charge in [0.2, 0.25) is 0 Å². The topological polar surface area (TPSA) is 87.4 Å². The maximum absolute atomic E-state index is 13.1. The van der Waals surface area contributed by atoms with Crippen molar-refractivity contribution in [3.05, 3.63) is 258 Å². The van der Waals surface area contributed by atoms with Gasteiger partial charge in [-0.15, -0.1) is 0 Å². The second-order valence-electron chi connectivity index (χ2n) is 53.1. The van der Waals surface area contributed by atoms with Crippen LogP contribution in [0.3, 0.4) is 0 Å². The minimum atomic E-state index is -1.15. The molecule has 0 aromatic heterocycles. The van der Waals surface area contributed by atoms with Crippen LogP contribution in [0.5, 0.6) is 11.5 Å². The van der Waals surface area contributed by atoms with Gasteiger partial charge in [-0.25, -0.2) is 0 Å². The Kier molecular flexibility index (Phi) is 24.7. The van der Waals surface area contributed by atoms with Gasteiger partial charge in [0.25, 0.3) is 0 Å². The van der Waals surface area contributed by atoms with E-state index in [4.69, 9.17) is 0 Å². The van der Waals surface area contributed by atoms with Gasteiger partial charge >= 0.3 is 0 Å². The Bertz CT molecular complexity index is 5610. The maximum atomic E-state index is 13.1. The zero-order valence-electron chi connectivity index (χ0n) is 94.0. The van der Waals surface area contributed by atoms with Crippen molar-refractivity contribution in [2.24, 2.45) is 0 Å². The minimum Gasteiger partial charge on any atom is -0.508 e. The van der Waals surface area contributed by atoms with Gasteiger partial charge in [0.15, 0.2) is 0 Å². The molecule has 756 valence electrons. The maximum Gasteiger partial charge on any atom is 0.121 e. The molecule has 19 rings (SSSR count). The first-order valence-corrected chi connectivity index (χ1v) is 56.9. The molecule has 0 spiro atoms. The van der Waals surface area contributed by atoms with Crippen molar-refractivity contribution in [3.63, 3.8) is 0 Å². The quantitative estimate of drug-likeness (QED) is 0.0391. The minimum absolute atomic E-state index is 0.00217. The molecule has 0 bridgehead atoms. The summed E-state index contributed by atoms with van der Waals surface area (Å²) < 4.78 is 0. The number of aliphatic hydroxyl groups excluding tert-OH is 2. The van der Waals surface area contributed by atoms with Crippen LogP contribution in [-0.2, 0) is 86.6 Å². The van der Waals surface area contributed by atoms with Gasteiger partial charge in [-0.3, -0.25) is 0 Å². The first-order valence-electron chi connectivity index (χ1n) is 56.9. The molecule has 0 amide bonds. The number of aromatic hydroxyl groups is 2. The molecule has 4 N–H and O–H groups in total. The van der Waals surface area contributed by atoms with Crippen LogP contribution in [0.4, 0.5) is 34.1 Å². The van der Waals surface area contributed by atoms with E-state index < -0.39 is 24.0 Å². The lowest BCUT2D eigenvalue weighted by atomic mass is 9.63. The summed E-state index contributed by atoms with van der Waals surface area (Å²) in [6.45, 7) is 79.3. The van der Waals surface area contributed by atoms with E-state index in [9.17, 15) is 20.4 Å². The summed E-state index contributed by atoms with van der Waals surface area (Å²) in [4.78, 5) is 4.63. The predicted octanol–water partition coefficient (Wildman–Crippen LogP) is 37.2. The SMILES string of the molecule is CCC1(CC)CC(C)(C)c2c1cc1c(c2-c2ccc(N(c3ccc(-c4c5c(cc6c4C(C)(C)CC6(CC)CC)C(CC)(CC)CC5(C)C)cc3)c3ccc(C4C(O)C(c5ccc(N(c6ccc(-c7c8c(cc9c7C(C)(C)CC9(CC)CC)C(CC)(CC)CC8(C)C)cc6)c6ccc(-c7c8c(cc9c7C(C)(C)CC9(CC)CC)C(CC)(CC)CC8(C)C)cc6)cc5O)C4O)c(O)c3)cc2)C(C)(C)CC1(CC)CC. The van der Waals surface area contributed by atoms with E-state index >= 15 is 0 Å². The number of rotatable bonds is 28. The number of fused-ring (bicyclic) bond motifs is 8. The molecule has 0 saturated heterocycles. The van der Waals surface area contributed by atoms with Crippen LogP contribution in [0, 0.1) is 0 Å². The van der Waals surface area contributed by atoms with Crippen LogP contribution in [0.15, 0.2) is 158 Å². The zero-order valence-corrected chi connectivity index (χ0v) is 94.0. The number of nitrogens with zero attached hydrogens (tertiary/aromatic N) is 2. The summed E-state index contributed by atoms with van der Waals surface area (Å²) in [7, 11) is 0. The van der Waals surface area contributed by atoms with Gasteiger partial charge in [-0.1, -0.05) is 306 Å². The molecule has 142 heavy (non-hydrogen) atoms. The summed E-state index contributed by atoms with van der Waals surface area (Å²) in [6.07, 6.45) is 24.5. The van der Waals surface area contributed by atoms with Gasteiger partial charge in [0, 0.05) is 69.2 Å². The predicted molar refractivity (Wildman–Crippen MR) is 604 cm³/mol. The average molecular weight is 1900 g/mol. The highest BCUT2D eigenvalue weighted by atomic mass is 16.3. The molecule has 1 saturated carbocycles. The van der Waals surface area contributed by atoms with E-state index in [1.807, 2.05) is 24.3 Å². The van der Waals surface area contributed by atoms with E-state index in [0.29, 0.717) is 11.1 Å². The first-order chi connectivity index (χ1) is 67.0. The molecule has 0 heterocycles. The van der Waals surface area contributed by atoms with Gasteiger partial charge in [-0.2, -0.15) is 0 Å². The highest BCUT2D eigenvalue weighted by Gasteiger charge is 2.61. The Hall–Kier alpha value is -8.68. The van der Waals surface area contributed by atoms with Gasteiger partial charge in [-0.05, 0) is 435 Å². The summed E-state index contributed by atoms with van der Waals surface area (Å²) in [5, 5.41) is 52.2. The van der Waals surface area contributed by atoms with Gasteiger partial charge < -0.3 is 30.2 Å². The molecule has 6 heteroatoms. The van der Waals surface area contributed by atoms with Crippen LogP contribution in [0.1, 0.15) is 488 Å². The zero-order chi connectivity index (χ0) is 102. The van der Waals surface area contributed by atoms with Crippen LogP contribution in [-0.4, -0.2) is 32.6 Å². The third kappa shape index (κ3) is 14.4. The highest BCUT2D eigenvalue weighted by Crippen LogP contribution is 2.71. The molecule has 0 atom stereocenters. The van der Waals surface area contributed by atoms with Crippen molar-refractivity contribution < 1.29 is 20.4 Å². The van der Waals surface area contributed by atoms with Crippen molar-refractivity contribution in [1.29, 1.82) is 0 Å². The Balaban J connectivity index is 0.721. The Labute approximate surface area is 858 Å². The first kappa shape index (κ1) is 102. The number of benzene rings is 10. The fraction of sp³-hybridized carbons (Fsp3) is 0.559. The van der Waals surface area contributed by atoms with Gasteiger partial charge in [0.1, 0.15) is 11.5 Å². The number of hydrogen-bond donors (Lipinski definition) is 4. The van der Waals surface area contributed by atoms with Crippen LogP contribution in [0.2, 0.25) is 0 Å². The molecular formula is C136H178N2O4. The Morgan fingerprint density at radius 2 is 0.345 bits per heavy atom. The Morgan fingerprint density at radius 1 is 0.204 bits per heavy atom. The third-order valence-electron chi connectivity index (χ3n) is 42.8. The van der Waals surface area contributed by atoms with E-state index in [-0.39, 0.29) is 98.1 Å². The van der Waals surface area contributed by atoms with Crippen molar-refractivity contribution in [1.82, 2.24) is 0 Å². The van der Waals surface area contributed by atoms with Crippen molar-refractivity contribution in [3.8, 4) is 56.0 Å². The van der Waals surface area contributed by atoms with E-state index in [1.54, 1.807) is 44.5 Å². The number of aliphatic hydroxyl groups is 2. The largest absolute Gasteiger partial charge is 0.508 e. The highest BCUT2D eigenvalue weighted by molar-refractivity contribution is 5.90. The Morgan fingerprint density at radius 3 is 0.479 bits per heavy atom. The monoisotopic (exact) mass is 1900 g/mol. The van der Waals surface area contributed by atoms with Crippen LogP contribution >= 0.6 is 0 Å². The molecule has 6 nitrogen and oxygen atoms in total. The second kappa shape index (κ2) is 34.5. The second-order valence-corrected chi connectivity index (χ2v) is 53.1. The number of phenolic OH excluding ortho intramolecular Hbond substituents is 2. The molecule has 10 aromatic rings. The van der Waals surface area contributed by atoms with E-state index in [0.717, 1.165) is 188 Å². The lowest BCUT2D eigenvalue weighted by Crippen LogP contribution is -2.51. The molecule has 0 unspecified atom stereocenters. The smallest absolute Gasteiger partial charge is 0.121 e. The summed E-state index contributed by atoms with van der Waals surface area (Å²) in [6, 6.07) is 60.7. The molecule has 0 radical (unpaired) electrons. The fourth-order valence-corrected chi connectivity index (χ4v) is 35.5. The molecule has 9 aliphatic rings. The van der Waals surface area contributed by atoms with Crippen molar-refractivity contribution in [2.45, 2.75) is 486 Å². The summed E-state index contributed by atoms with van der Waals surface area (Å²) >= 11 is 0. The molecule has 9 aliphatic carbocycles. The van der Waals surface area contributed by atoms with Crippen molar-refractivity contribution in [2.75, 3.05) is 9.80 Å². The number of anilines is 6. The standard InChI is InChI=1S/C136H178N2O4/c1-33-129(34-2)75-121(17,18)111-95(129)71-96-112(122(19,20)76-130(96,35-3)36-4)105(111)83-49-57-87(58-50-83)137(88-59-51-84(52-60-88)106-113-97(131(37-5,38-6)77-123(113,21)22)72-98-114(106)124(23,24)78-132(98,39-7)40-8)91-65-67-93(103(139)69-91)109-119(141)110(120(109)142)94-68-66-92(70-104(94)140)138(89-61-53-85(54-62-89)107-115-99(133(41-9,42-10)79-125(115,25)26)73-100-116(107)126(27,28)80-134(100,43-11)44-12)90-63-55-86(56-64-90)108-117-101(135(45-13,46-14)81-127(117,29)30)74-102-118(108)128(31,32)82-136(102,47-15)48-16/h49-74,109-110,119-120,139-142H,33-48,75-82H2,1-32H3. The summed E-state index contributed by atoms with van der Waals surface area (Å²) in [5.41, 5.74) is 42.4. The molecule has 1 fully saturated rings. The summed E-state index contributed by atoms with van der Waals surface area (Å²) in [5.74, 6) is -1.71. The van der Waals surface area contributed by atoms with E-state index in [2.05, 4.69) is 365 Å². The van der Waals surface area contributed by atoms with Crippen LogP contribution < -0.4 is 9.80 Å². The molecule has 0 aliphatic heterocycles. The van der Waals surface area contributed by atoms with Crippen molar-refractivity contribution >= 4 is 34.1 Å². The third-order valence-corrected chi connectivity index (χ3v) is 42.8. The van der Waals surface area contributed by atoms with E-state index in [1.165, 1.54) is 89.0 Å². The lowest BCUT2D eigenvalue weighted by Gasteiger charge is -2.47. The van der Waals surface area contributed by atoms with Crippen LogP contribution in [0.25, 0.3) is 44.5 Å². The number of phenols is 2. The fourth-order valence-electron chi connectivity index (χ4n) is 35.5. The molecule has 10 aromatic carbocycles. The normalized spacial score (nSPS) is 23.3. The van der Waals surface area contributed by atoms with Gasteiger partial charge in [0.05, 0.1) is 12.2 Å².